The SMILES string of the molecule is COCC1=CCN(C(=O)c2cc(Cl)ccc2O)CC1. The van der Waals surface area contributed by atoms with Crippen molar-refractivity contribution < 1.29 is 14.6 Å². The molecule has 102 valence electrons. The highest BCUT2D eigenvalue weighted by Gasteiger charge is 2.21. The Labute approximate surface area is 117 Å². The second kappa shape index (κ2) is 6.08. The van der Waals surface area contributed by atoms with E-state index in [1.807, 2.05) is 6.08 Å². The van der Waals surface area contributed by atoms with Crippen LogP contribution < -0.4 is 0 Å². The third-order valence-electron chi connectivity index (χ3n) is 3.11. The minimum Gasteiger partial charge on any atom is -0.507 e. The fourth-order valence-electron chi connectivity index (χ4n) is 2.06. The first-order chi connectivity index (χ1) is 9.11. The van der Waals surface area contributed by atoms with E-state index in [4.69, 9.17) is 16.3 Å². The van der Waals surface area contributed by atoms with Gasteiger partial charge in [-0.25, -0.2) is 0 Å². The Morgan fingerprint density at radius 2 is 2.32 bits per heavy atom. The molecule has 1 N–H and O–H groups in total. The number of hydrogen-bond acceptors (Lipinski definition) is 3. The summed E-state index contributed by atoms with van der Waals surface area (Å²) in [5.41, 5.74) is 1.44. The third-order valence-corrected chi connectivity index (χ3v) is 3.34. The Morgan fingerprint density at radius 3 is 2.95 bits per heavy atom. The van der Waals surface area contributed by atoms with Crippen LogP contribution >= 0.6 is 11.6 Å². The Bertz CT molecular complexity index is 513. The van der Waals surface area contributed by atoms with Gasteiger partial charge in [-0.1, -0.05) is 17.7 Å². The van der Waals surface area contributed by atoms with Crippen LogP contribution in [0, 0.1) is 0 Å². The van der Waals surface area contributed by atoms with Gasteiger partial charge in [0.1, 0.15) is 5.75 Å². The summed E-state index contributed by atoms with van der Waals surface area (Å²) < 4.78 is 5.07. The summed E-state index contributed by atoms with van der Waals surface area (Å²) in [6.07, 6.45) is 2.79. The number of phenolic OH excluding ortho intramolecular Hbond substituents is 1. The molecule has 19 heavy (non-hydrogen) atoms. The number of rotatable bonds is 3. The number of carbonyl (C=O) groups excluding carboxylic acids is 1. The van der Waals surface area contributed by atoms with Crippen molar-refractivity contribution in [1.29, 1.82) is 0 Å². The van der Waals surface area contributed by atoms with Crippen LogP contribution in [0.4, 0.5) is 0 Å². The predicted molar refractivity (Wildman–Crippen MR) is 73.6 cm³/mol. The number of benzene rings is 1. The van der Waals surface area contributed by atoms with Gasteiger partial charge in [-0.05, 0) is 30.2 Å². The van der Waals surface area contributed by atoms with Crippen molar-refractivity contribution >= 4 is 17.5 Å². The number of amides is 1. The Morgan fingerprint density at radius 1 is 1.53 bits per heavy atom. The van der Waals surface area contributed by atoms with Crippen LogP contribution in [0.1, 0.15) is 16.8 Å². The van der Waals surface area contributed by atoms with E-state index in [0.717, 1.165) is 6.42 Å². The number of halogens is 1. The summed E-state index contributed by atoms with van der Waals surface area (Å²) in [4.78, 5) is 14.0. The average Bonchev–Trinajstić information content (AvgIpc) is 2.42. The van der Waals surface area contributed by atoms with Gasteiger partial charge < -0.3 is 14.7 Å². The van der Waals surface area contributed by atoms with Crippen molar-refractivity contribution in [2.24, 2.45) is 0 Å². The molecular formula is C14H16ClNO3. The summed E-state index contributed by atoms with van der Waals surface area (Å²) in [6, 6.07) is 4.49. The molecule has 0 atom stereocenters. The van der Waals surface area contributed by atoms with Gasteiger partial charge in [-0.2, -0.15) is 0 Å². The van der Waals surface area contributed by atoms with Crippen molar-refractivity contribution in [3.63, 3.8) is 0 Å². The number of carbonyl (C=O) groups is 1. The van der Waals surface area contributed by atoms with Crippen LogP contribution in [0.15, 0.2) is 29.8 Å². The van der Waals surface area contributed by atoms with Crippen LogP contribution in [0.3, 0.4) is 0 Å². The largest absolute Gasteiger partial charge is 0.507 e. The molecule has 0 aliphatic carbocycles. The molecule has 0 saturated carbocycles. The second-order valence-corrected chi connectivity index (χ2v) is 4.89. The molecule has 1 aromatic rings. The molecule has 5 heteroatoms. The Kier molecular flexibility index (Phi) is 4.45. The summed E-state index contributed by atoms with van der Waals surface area (Å²) in [5.74, 6) is -0.242. The monoisotopic (exact) mass is 281 g/mol. The zero-order valence-electron chi connectivity index (χ0n) is 10.7. The molecule has 1 aliphatic heterocycles. The first-order valence-electron chi connectivity index (χ1n) is 6.06. The molecule has 1 aromatic carbocycles. The fourth-order valence-corrected chi connectivity index (χ4v) is 2.23. The minimum absolute atomic E-state index is 0.0407. The molecule has 1 amide bonds. The molecule has 2 rings (SSSR count). The summed E-state index contributed by atoms with van der Waals surface area (Å²) in [7, 11) is 1.66. The maximum absolute atomic E-state index is 12.3. The van der Waals surface area contributed by atoms with E-state index in [9.17, 15) is 9.90 Å². The molecule has 0 unspecified atom stereocenters. The number of ether oxygens (including phenoxy) is 1. The van der Waals surface area contributed by atoms with Crippen LogP contribution in [-0.2, 0) is 4.74 Å². The number of phenols is 1. The molecule has 1 aliphatic rings. The van der Waals surface area contributed by atoms with Gasteiger partial charge in [-0.15, -0.1) is 0 Å². The minimum atomic E-state index is -0.201. The van der Waals surface area contributed by atoms with Gasteiger partial charge in [-0.3, -0.25) is 4.79 Å². The number of nitrogens with zero attached hydrogens (tertiary/aromatic N) is 1. The van der Waals surface area contributed by atoms with E-state index in [1.54, 1.807) is 18.1 Å². The van der Waals surface area contributed by atoms with E-state index in [-0.39, 0.29) is 17.2 Å². The van der Waals surface area contributed by atoms with Gasteiger partial charge >= 0.3 is 0 Å². The smallest absolute Gasteiger partial charge is 0.257 e. The summed E-state index contributed by atoms with van der Waals surface area (Å²) >= 11 is 5.85. The maximum atomic E-state index is 12.3. The van der Waals surface area contributed by atoms with Crippen molar-refractivity contribution in [3.8, 4) is 5.75 Å². The number of methoxy groups -OCH3 is 1. The molecule has 4 nitrogen and oxygen atoms in total. The topological polar surface area (TPSA) is 49.8 Å². The quantitative estimate of drug-likeness (QED) is 0.866. The molecule has 0 fully saturated rings. The lowest BCUT2D eigenvalue weighted by Crippen LogP contribution is -2.35. The number of hydrogen-bond donors (Lipinski definition) is 1. The van der Waals surface area contributed by atoms with E-state index >= 15 is 0 Å². The normalized spacial score (nSPS) is 15.3. The van der Waals surface area contributed by atoms with E-state index < -0.39 is 0 Å². The molecule has 0 spiro atoms. The maximum Gasteiger partial charge on any atom is 0.257 e. The summed E-state index contributed by atoms with van der Waals surface area (Å²) in [5, 5.41) is 10.2. The molecule has 0 aromatic heterocycles. The van der Waals surface area contributed by atoms with E-state index in [1.165, 1.54) is 17.7 Å². The van der Waals surface area contributed by atoms with Gasteiger partial charge in [0.2, 0.25) is 0 Å². The average molecular weight is 282 g/mol. The summed E-state index contributed by atoms with van der Waals surface area (Å²) in [6.45, 7) is 1.76. The van der Waals surface area contributed by atoms with E-state index in [2.05, 4.69) is 0 Å². The van der Waals surface area contributed by atoms with Gasteiger partial charge in [0.15, 0.2) is 0 Å². The second-order valence-electron chi connectivity index (χ2n) is 4.46. The Balaban J connectivity index is 2.11. The first kappa shape index (κ1) is 13.9. The van der Waals surface area contributed by atoms with Crippen molar-refractivity contribution in [2.45, 2.75) is 6.42 Å². The molecule has 0 radical (unpaired) electrons. The van der Waals surface area contributed by atoms with Crippen LogP contribution in [-0.4, -0.2) is 42.7 Å². The molecule has 1 heterocycles. The van der Waals surface area contributed by atoms with Crippen LogP contribution in [0.2, 0.25) is 5.02 Å². The highest BCUT2D eigenvalue weighted by molar-refractivity contribution is 6.31. The van der Waals surface area contributed by atoms with Crippen molar-refractivity contribution in [2.75, 3.05) is 26.8 Å². The van der Waals surface area contributed by atoms with Gasteiger partial charge in [0, 0.05) is 25.2 Å². The molecule has 0 bridgehead atoms. The van der Waals surface area contributed by atoms with Gasteiger partial charge in [0.25, 0.3) is 5.91 Å². The lowest BCUT2D eigenvalue weighted by Gasteiger charge is -2.26. The van der Waals surface area contributed by atoms with Crippen LogP contribution in [0.25, 0.3) is 0 Å². The van der Waals surface area contributed by atoms with Crippen LogP contribution in [0.5, 0.6) is 5.75 Å². The van der Waals surface area contributed by atoms with Crippen molar-refractivity contribution in [3.05, 3.63) is 40.4 Å². The lowest BCUT2D eigenvalue weighted by atomic mass is 10.1. The first-order valence-corrected chi connectivity index (χ1v) is 6.44. The highest BCUT2D eigenvalue weighted by Crippen LogP contribution is 2.24. The number of aromatic hydroxyl groups is 1. The fraction of sp³-hybridized carbons (Fsp3) is 0.357. The zero-order chi connectivity index (χ0) is 13.8. The van der Waals surface area contributed by atoms with Crippen molar-refractivity contribution in [1.82, 2.24) is 4.90 Å². The Hall–Kier alpha value is -1.52. The van der Waals surface area contributed by atoms with E-state index in [0.29, 0.717) is 24.7 Å². The molecular weight excluding hydrogens is 266 g/mol. The highest BCUT2D eigenvalue weighted by atomic mass is 35.5. The standard InChI is InChI=1S/C14H16ClNO3/c1-19-9-10-4-6-16(7-5-10)14(18)12-8-11(15)2-3-13(12)17/h2-4,8,17H,5-7,9H2,1H3. The van der Waals surface area contributed by atoms with Gasteiger partial charge in [0.05, 0.1) is 12.2 Å². The molecule has 0 saturated heterocycles. The lowest BCUT2D eigenvalue weighted by molar-refractivity contribution is 0.0762. The third kappa shape index (κ3) is 3.28. The zero-order valence-corrected chi connectivity index (χ0v) is 11.5. The predicted octanol–water partition coefficient (Wildman–Crippen LogP) is 2.46.